The maximum Gasteiger partial charge on any atom is 0.296 e. The summed E-state index contributed by atoms with van der Waals surface area (Å²) in [5.41, 5.74) is 3.86. The molecule has 0 unspecified atom stereocenters. The highest BCUT2D eigenvalue weighted by molar-refractivity contribution is 6.43. The highest BCUT2D eigenvalue weighted by Crippen LogP contribution is 2.31. The van der Waals surface area contributed by atoms with Crippen molar-refractivity contribution in [3.63, 3.8) is 0 Å². The number of carbonyl (C=O) groups is 2. The van der Waals surface area contributed by atoms with Gasteiger partial charge in [-0.15, -0.1) is 0 Å². The largest absolute Gasteiger partial charge is 0.497 e. The van der Waals surface area contributed by atoms with Crippen molar-refractivity contribution in [2.24, 2.45) is 0 Å². The number of nitrogens with one attached hydrogen (secondary N) is 1. The molecule has 0 aliphatic carbocycles. The summed E-state index contributed by atoms with van der Waals surface area (Å²) in [6, 6.07) is 25.4. The van der Waals surface area contributed by atoms with E-state index in [9.17, 15) is 14.4 Å². The number of likely N-dealkylation sites (tertiary alicyclic amines) is 1. The summed E-state index contributed by atoms with van der Waals surface area (Å²) in [6.07, 6.45) is 3.56. The Morgan fingerprint density at radius 1 is 0.878 bits per heavy atom. The Bertz CT molecular complexity index is 1820. The van der Waals surface area contributed by atoms with E-state index in [4.69, 9.17) is 4.74 Å². The zero-order valence-corrected chi connectivity index (χ0v) is 28.9. The molecule has 0 bridgehead atoms. The Hall–Kier alpha value is -4.96. The number of hydrogen-bond acceptors (Lipinski definition) is 8. The lowest BCUT2D eigenvalue weighted by atomic mass is 9.82. The number of Topliss-reactive ketones (excluding diaryl/α,β-unsaturated/α-hetero) is 1. The average molecular weight is 663 g/mol. The maximum absolute atomic E-state index is 14.1. The van der Waals surface area contributed by atoms with Crippen molar-refractivity contribution in [2.75, 3.05) is 56.6 Å². The van der Waals surface area contributed by atoms with Crippen LogP contribution in [-0.2, 0) is 16.8 Å². The van der Waals surface area contributed by atoms with E-state index in [0.29, 0.717) is 54.6 Å². The molecular formula is C39H46N6O4. The molecule has 3 heterocycles. The number of rotatable bonds is 9. The summed E-state index contributed by atoms with van der Waals surface area (Å²) in [5.74, 6) is -0.532. The number of methoxy groups -OCH3 is 1. The van der Waals surface area contributed by atoms with Crippen molar-refractivity contribution in [1.29, 1.82) is 0 Å². The normalized spacial score (nSPS) is 16.0. The average Bonchev–Trinajstić information content (AvgIpc) is 3.13. The van der Waals surface area contributed by atoms with Crippen molar-refractivity contribution < 1.29 is 14.3 Å². The molecule has 1 aromatic heterocycles. The molecule has 2 saturated heterocycles. The zero-order chi connectivity index (χ0) is 34.5. The lowest BCUT2D eigenvalue weighted by Gasteiger charge is -2.37. The molecule has 1 amide bonds. The number of amides is 1. The third kappa shape index (κ3) is 7.70. The second-order valence-corrected chi connectivity index (χ2v) is 13.9. The number of ketones is 1. The van der Waals surface area contributed by atoms with E-state index >= 15 is 0 Å². The first-order valence-electron chi connectivity index (χ1n) is 17.1. The van der Waals surface area contributed by atoms with E-state index in [1.54, 1.807) is 24.3 Å². The number of piperidine rings is 1. The monoisotopic (exact) mass is 662 g/mol. The topological polar surface area (TPSA) is 100 Å². The second-order valence-electron chi connectivity index (χ2n) is 13.9. The van der Waals surface area contributed by atoms with Crippen LogP contribution in [0.2, 0.25) is 0 Å². The number of anilines is 2. The fourth-order valence-electron chi connectivity index (χ4n) is 6.76. The number of piperazine rings is 1. The number of ether oxygens (including phenoxy) is 1. The van der Waals surface area contributed by atoms with Gasteiger partial charge in [0.1, 0.15) is 11.4 Å². The summed E-state index contributed by atoms with van der Waals surface area (Å²) >= 11 is 0. The van der Waals surface area contributed by atoms with Gasteiger partial charge in [-0.2, -0.15) is 9.78 Å². The van der Waals surface area contributed by atoms with Gasteiger partial charge in [-0.05, 0) is 53.6 Å². The Labute approximate surface area is 288 Å². The van der Waals surface area contributed by atoms with Crippen LogP contribution in [0.15, 0.2) is 89.9 Å². The van der Waals surface area contributed by atoms with E-state index in [1.165, 1.54) is 10.2 Å². The van der Waals surface area contributed by atoms with Gasteiger partial charge in [0, 0.05) is 57.4 Å². The van der Waals surface area contributed by atoms with E-state index in [2.05, 4.69) is 44.5 Å². The van der Waals surface area contributed by atoms with Gasteiger partial charge in [0.25, 0.3) is 17.2 Å². The molecule has 2 aliphatic heterocycles. The summed E-state index contributed by atoms with van der Waals surface area (Å²) in [6.45, 7) is 10.5. The Balaban J connectivity index is 1.18. The lowest BCUT2D eigenvalue weighted by molar-refractivity contribution is -0.126. The number of nitrogens with zero attached hydrogens (tertiary/aromatic N) is 5. The fraction of sp³-hybridized carbons (Fsp3) is 0.385. The van der Waals surface area contributed by atoms with Crippen molar-refractivity contribution in [3.05, 3.63) is 112 Å². The molecule has 10 nitrogen and oxygen atoms in total. The fourth-order valence-corrected chi connectivity index (χ4v) is 6.76. The van der Waals surface area contributed by atoms with Crippen molar-refractivity contribution in [3.8, 4) is 11.4 Å². The van der Waals surface area contributed by atoms with E-state index in [1.807, 2.05) is 69.3 Å². The van der Waals surface area contributed by atoms with Gasteiger partial charge >= 0.3 is 0 Å². The molecule has 49 heavy (non-hydrogen) atoms. The molecule has 0 atom stereocenters. The SMILES string of the molecule is COc1ccc(C(C)(C)C)c(C(=O)C(=O)N2CCN(c3cnn(-c4ccccc4)c(=O)c3NC3CCN(Cc4ccccc4)CC3)CC2)c1. The number of para-hydroxylation sites is 1. The third-order valence-electron chi connectivity index (χ3n) is 9.52. The standard InChI is InChI=1S/C39H46N6O4/c1-39(2,3)33-16-15-31(49-4)25-32(33)36(46)38(48)44-23-21-43(22-24-44)34-26-40-45(30-13-9-6-10-14-30)37(47)35(34)41-29-17-19-42(20-18-29)27-28-11-7-5-8-12-28/h5-16,25-26,29,41H,17-24,27H2,1-4H3. The van der Waals surface area contributed by atoms with E-state index < -0.39 is 11.7 Å². The van der Waals surface area contributed by atoms with E-state index in [0.717, 1.165) is 38.0 Å². The molecule has 0 radical (unpaired) electrons. The number of carbonyl (C=O) groups excluding carboxylic acids is 2. The first-order chi connectivity index (χ1) is 23.6. The van der Waals surface area contributed by atoms with E-state index in [-0.39, 0.29) is 17.0 Å². The smallest absolute Gasteiger partial charge is 0.296 e. The quantitative estimate of drug-likeness (QED) is 0.194. The van der Waals surface area contributed by atoms with Crippen molar-refractivity contribution in [1.82, 2.24) is 19.6 Å². The highest BCUT2D eigenvalue weighted by Gasteiger charge is 2.32. The summed E-state index contributed by atoms with van der Waals surface area (Å²) in [7, 11) is 1.55. The van der Waals surface area contributed by atoms with Gasteiger partial charge in [-0.3, -0.25) is 19.3 Å². The maximum atomic E-state index is 14.1. The highest BCUT2D eigenvalue weighted by atomic mass is 16.5. The third-order valence-corrected chi connectivity index (χ3v) is 9.52. The van der Waals surface area contributed by atoms with Gasteiger partial charge in [-0.25, -0.2) is 0 Å². The van der Waals surface area contributed by atoms with Crippen LogP contribution < -0.4 is 20.5 Å². The van der Waals surface area contributed by atoms with Crippen LogP contribution in [0.1, 0.15) is 55.1 Å². The zero-order valence-electron chi connectivity index (χ0n) is 28.9. The van der Waals surface area contributed by atoms with Crippen LogP contribution in [0.5, 0.6) is 5.75 Å². The minimum absolute atomic E-state index is 0.130. The molecule has 4 aromatic rings. The number of aromatic nitrogens is 2. The molecule has 0 saturated carbocycles. The van der Waals surface area contributed by atoms with Crippen LogP contribution in [0.3, 0.4) is 0 Å². The molecule has 2 fully saturated rings. The molecule has 6 rings (SSSR count). The molecule has 2 aliphatic rings. The second kappa shape index (κ2) is 14.7. The molecule has 0 spiro atoms. The lowest BCUT2D eigenvalue weighted by Crippen LogP contribution is -2.51. The van der Waals surface area contributed by atoms with Gasteiger partial charge in [0.15, 0.2) is 0 Å². The van der Waals surface area contributed by atoms with Crippen LogP contribution in [0.25, 0.3) is 5.69 Å². The number of hydrogen-bond donors (Lipinski definition) is 1. The van der Waals surface area contributed by atoms with Gasteiger partial charge in [-0.1, -0.05) is 75.4 Å². The van der Waals surface area contributed by atoms with Gasteiger partial charge in [0.05, 0.1) is 24.7 Å². The van der Waals surface area contributed by atoms with Crippen LogP contribution in [0, 0.1) is 0 Å². The van der Waals surface area contributed by atoms with Crippen molar-refractivity contribution >= 4 is 23.1 Å². The first-order valence-corrected chi connectivity index (χ1v) is 17.1. The summed E-state index contributed by atoms with van der Waals surface area (Å²) in [5, 5.41) is 8.20. The van der Waals surface area contributed by atoms with Gasteiger partial charge < -0.3 is 19.9 Å². The molecule has 10 heteroatoms. The van der Waals surface area contributed by atoms with Crippen molar-refractivity contribution in [2.45, 2.75) is 51.6 Å². The Morgan fingerprint density at radius 3 is 2.16 bits per heavy atom. The van der Waals surface area contributed by atoms with Gasteiger partial charge in [0.2, 0.25) is 0 Å². The minimum atomic E-state index is -0.537. The molecule has 1 N–H and O–H groups in total. The number of benzene rings is 3. The Kier molecular flexibility index (Phi) is 10.1. The summed E-state index contributed by atoms with van der Waals surface area (Å²) in [4.78, 5) is 47.4. The summed E-state index contributed by atoms with van der Waals surface area (Å²) < 4.78 is 6.82. The van der Waals surface area contributed by atoms with Crippen LogP contribution in [0.4, 0.5) is 11.4 Å². The Morgan fingerprint density at radius 2 is 1.53 bits per heavy atom. The first kappa shape index (κ1) is 33.9. The predicted molar refractivity (Wildman–Crippen MR) is 193 cm³/mol. The van der Waals surface area contributed by atoms with Crippen LogP contribution >= 0.6 is 0 Å². The molecule has 256 valence electrons. The molecular weight excluding hydrogens is 616 g/mol. The minimum Gasteiger partial charge on any atom is -0.497 e. The predicted octanol–water partition coefficient (Wildman–Crippen LogP) is 5.15. The molecule has 3 aromatic carbocycles. The van der Waals surface area contributed by atoms with Crippen LogP contribution in [-0.4, -0.2) is 83.7 Å².